The van der Waals surface area contributed by atoms with E-state index in [2.05, 4.69) is 4.98 Å². The van der Waals surface area contributed by atoms with E-state index < -0.39 is 17.5 Å². The molecule has 2 atom stereocenters. The number of phenolic OH excluding ortho intramolecular Hbond substituents is 1. The molecule has 0 amide bonds. The maximum Gasteiger partial charge on any atom is 0.181 e. The molecular formula is C20H20ClNO5. The monoisotopic (exact) mass is 389 g/mol. The first-order chi connectivity index (χ1) is 12.8. The number of methoxy groups -OCH3 is 2. The zero-order valence-electron chi connectivity index (χ0n) is 15.5. The zero-order chi connectivity index (χ0) is 19.9. The van der Waals surface area contributed by atoms with Crippen molar-refractivity contribution >= 4 is 23.2 Å². The van der Waals surface area contributed by atoms with E-state index in [1.165, 1.54) is 20.3 Å². The second-order valence-electron chi connectivity index (χ2n) is 6.65. The van der Waals surface area contributed by atoms with E-state index in [0.717, 1.165) is 5.69 Å². The second-order valence-corrected chi connectivity index (χ2v) is 7.03. The van der Waals surface area contributed by atoms with Crippen LogP contribution in [0.1, 0.15) is 39.0 Å². The van der Waals surface area contributed by atoms with Crippen LogP contribution >= 0.6 is 11.6 Å². The molecule has 0 bridgehead atoms. The van der Waals surface area contributed by atoms with E-state index in [-0.39, 0.29) is 33.8 Å². The Balaban J connectivity index is 2.10. The van der Waals surface area contributed by atoms with Crippen molar-refractivity contribution in [1.29, 1.82) is 0 Å². The highest BCUT2D eigenvalue weighted by atomic mass is 35.5. The number of aromatic nitrogens is 1. The van der Waals surface area contributed by atoms with Crippen LogP contribution in [0.25, 0.3) is 0 Å². The Kier molecular flexibility index (Phi) is 5.11. The predicted molar refractivity (Wildman–Crippen MR) is 100 cm³/mol. The Bertz CT molecular complexity index is 940. The number of rotatable bonds is 4. The summed E-state index contributed by atoms with van der Waals surface area (Å²) in [5.41, 5.74) is 1.84. The van der Waals surface area contributed by atoms with Gasteiger partial charge in [0.2, 0.25) is 0 Å². The smallest absolute Gasteiger partial charge is 0.181 e. The lowest BCUT2D eigenvalue weighted by molar-refractivity contribution is 0.0740. The van der Waals surface area contributed by atoms with Gasteiger partial charge in [-0.3, -0.25) is 14.6 Å². The number of ketones is 2. The van der Waals surface area contributed by atoms with Crippen molar-refractivity contribution in [1.82, 2.24) is 4.98 Å². The number of hydrogen-bond acceptors (Lipinski definition) is 6. The third kappa shape index (κ3) is 3.14. The van der Waals surface area contributed by atoms with Crippen molar-refractivity contribution in [3.8, 4) is 17.2 Å². The fourth-order valence-corrected chi connectivity index (χ4v) is 3.74. The molecule has 0 saturated carbocycles. The summed E-state index contributed by atoms with van der Waals surface area (Å²) in [4.78, 5) is 30.7. The Morgan fingerprint density at radius 2 is 1.93 bits per heavy atom. The molecular weight excluding hydrogens is 370 g/mol. The van der Waals surface area contributed by atoms with Gasteiger partial charge in [-0.15, -0.1) is 0 Å². The number of halogens is 1. The number of aromatic hydroxyl groups is 1. The van der Waals surface area contributed by atoms with Crippen molar-refractivity contribution in [3.63, 3.8) is 0 Å². The lowest BCUT2D eigenvalue weighted by Crippen LogP contribution is -2.36. The number of aryl methyl sites for hydroxylation is 1. The van der Waals surface area contributed by atoms with Gasteiger partial charge in [0.05, 0.1) is 25.8 Å². The highest BCUT2D eigenvalue weighted by molar-refractivity contribution is 6.34. The summed E-state index contributed by atoms with van der Waals surface area (Å²) in [5, 5.41) is 10.4. The number of hydrogen-bond donors (Lipinski definition) is 1. The largest absolute Gasteiger partial charge is 0.505 e. The quantitative estimate of drug-likeness (QED) is 0.634. The highest BCUT2D eigenvalue weighted by Crippen LogP contribution is 2.44. The molecule has 3 rings (SSSR count). The van der Waals surface area contributed by atoms with Crippen LogP contribution in [0.5, 0.6) is 17.2 Å². The van der Waals surface area contributed by atoms with Crippen LogP contribution in [0.15, 0.2) is 18.2 Å². The number of nitrogens with zero attached hydrogens (tertiary/aromatic N) is 1. The summed E-state index contributed by atoms with van der Waals surface area (Å²) in [6, 6.07) is 4.87. The molecule has 1 aromatic carbocycles. The fraction of sp³-hybridized carbons (Fsp3) is 0.350. The average molecular weight is 390 g/mol. The number of ether oxygens (including phenoxy) is 2. The van der Waals surface area contributed by atoms with Crippen LogP contribution in [0.2, 0.25) is 5.02 Å². The summed E-state index contributed by atoms with van der Waals surface area (Å²) in [6.45, 7) is 3.68. The summed E-state index contributed by atoms with van der Waals surface area (Å²) in [6.07, 6.45) is 0.492. The average Bonchev–Trinajstić information content (AvgIpc) is 2.63. The standard InChI is InChI=1S/C20H20ClNO5/c1-9-7-12-11(6-5-10(2)22-12)18(23)15(9)19(24)16-13(26-3)8-14(27-4)17(21)20(16)25/h5-6,8-9,15,25H,7H2,1-4H3/t9-,15-/m1/s1. The molecule has 0 aliphatic heterocycles. The first-order valence-corrected chi connectivity index (χ1v) is 8.86. The van der Waals surface area contributed by atoms with E-state index in [1.807, 2.05) is 13.8 Å². The molecule has 1 aromatic heterocycles. The van der Waals surface area contributed by atoms with E-state index >= 15 is 0 Å². The van der Waals surface area contributed by atoms with Gasteiger partial charge in [-0.05, 0) is 31.4 Å². The van der Waals surface area contributed by atoms with Gasteiger partial charge in [0, 0.05) is 17.3 Å². The highest BCUT2D eigenvalue weighted by Gasteiger charge is 2.41. The molecule has 6 nitrogen and oxygen atoms in total. The van der Waals surface area contributed by atoms with Gasteiger partial charge < -0.3 is 14.6 Å². The van der Waals surface area contributed by atoms with Gasteiger partial charge in [0.1, 0.15) is 22.1 Å². The van der Waals surface area contributed by atoms with E-state index in [9.17, 15) is 14.7 Å². The molecule has 1 heterocycles. The molecule has 27 heavy (non-hydrogen) atoms. The maximum atomic E-state index is 13.3. The number of pyridine rings is 1. The Morgan fingerprint density at radius 1 is 1.26 bits per heavy atom. The van der Waals surface area contributed by atoms with Crippen molar-refractivity contribution < 1.29 is 24.2 Å². The van der Waals surface area contributed by atoms with E-state index in [4.69, 9.17) is 21.1 Å². The SMILES string of the molecule is COc1cc(OC)c(C(=O)[C@H]2C(=O)c3ccc(C)nc3C[C@H]2C)c(O)c1Cl. The summed E-state index contributed by atoms with van der Waals surface area (Å²) < 4.78 is 10.3. The molecule has 0 radical (unpaired) electrons. The lowest BCUT2D eigenvalue weighted by Gasteiger charge is -2.28. The number of carbonyl (C=O) groups excluding carboxylic acids is 2. The minimum atomic E-state index is -0.953. The molecule has 1 N–H and O–H groups in total. The Labute approximate surface area is 162 Å². The van der Waals surface area contributed by atoms with Crippen LogP contribution in [0, 0.1) is 18.8 Å². The van der Waals surface area contributed by atoms with Crippen molar-refractivity contribution in [2.24, 2.45) is 11.8 Å². The van der Waals surface area contributed by atoms with Crippen LogP contribution in [-0.4, -0.2) is 35.9 Å². The topological polar surface area (TPSA) is 85.7 Å². The molecule has 142 valence electrons. The van der Waals surface area contributed by atoms with Crippen LogP contribution < -0.4 is 9.47 Å². The van der Waals surface area contributed by atoms with Crippen molar-refractivity contribution in [3.05, 3.63) is 45.7 Å². The number of Topliss-reactive ketones (excluding diaryl/α,β-unsaturated/α-hetero) is 2. The molecule has 0 fully saturated rings. The molecule has 1 aliphatic carbocycles. The molecule has 7 heteroatoms. The van der Waals surface area contributed by atoms with Crippen molar-refractivity contribution in [2.45, 2.75) is 20.3 Å². The minimum absolute atomic E-state index is 0.102. The summed E-state index contributed by atoms with van der Waals surface area (Å²) in [7, 11) is 2.76. The predicted octanol–water partition coefficient (Wildman–Crippen LogP) is 3.64. The van der Waals surface area contributed by atoms with Gasteiger partial charge in [-0.25, -0.2) is 0 Å². The maximum absolute atomic E-state index is 13.3. The third-order valence-corrected chi connectivity index (χ3v) is 5.25. The zero-order valence-corrected chi connectivity index (χ0v) is 16.3. The number of carbonyl (C=O) groups is 2. The van der Waals surface area contributed by atoms with Crippen LogP contribution in [0.4, 0.5) is 0 Å². The third-order valence-electron chi connectivity index (χ3n) is 4.88. The number of benzene rings is 1. The van der Waals surface area contributed by atoms with Gasteiger partial charge in [0.25, 0.3) is 0 Å². The molecule has 1 aliphatic rings. The summed E-state index contributed by atoms with van der Waals surface area (Å²) >= 11 is 6.10. The van der Waals surface area contributed by atoms with Crippen LogP contribution in [0.3, 0.4) is 0 Å². The van der Waals surface area contributed by atoms with Crippen molar-refractivity contribution in [2.75, 3.05) is 14.2 Å². The van der Waals surface area contributed by atoms with Gasteiger partial charge >= 0.3 is 0 Å². The molecule has 0 spiro atoms. The summed E-state index contributed by atoms with van der Waals surface area (Å²) in [5.74, 6) is -2.25. The first kappa shape index (κ1) is 19.2. The lowest BCUT2D eigenvalue weighted by atomic mass is 9.74. The molecule has 2 aromatic rings. The number of fused-ring (bicyclic) bond motifs is 1. The normalized spacial score (nSPS) is 18.8. The Hall–Kier alpha value is -2.60. The first-order valence-electron chi connectivity index (χ1n) is 8.48. The second kappa shape index (κ2) is 7.19. The number of phenols is 1. The fourth-order valence-electron chi connectivity index (χ4n) is 3.52. The van der Waals surface area contributed by atoms with E-state index in [0.29, 0.717) is 17.7 Å². The van der Waals surface area contributed by atoms with Gasteiger partial charge in [-0.2, -0.15) is 0 Å². The van der Waals surface area contributed by atoms with Crippen LogP contribution in [-0.2, 0) is 6.42 Å². The molecule has 0 saturated heterocycles. The van der Waals surface area contributed by atoms with Gasteiger partial charge in [-0.1, -0.05) is 18.5 Å². The minimum Gasteiger partial charge on any atom is -0.505 e. The van der Waals surface area contributed by atoms with E-state index in [1.54, 1.807) is 12.1 Å². The van der Waals surface area contributed by atoms with Gasteiger partial charge in [0.15, 0.2) is 17.3 Å². The Morgan fingerprint density at radius 3 is 2.56 bits per heavy atom. The molecule has 0 unspecified atom stereocenters.